The molecular formula is C21H34N2O3. The van der Waals surface area contributed by atoms with Crippen molar-refractivity contribution in [2.75, 3.05) is 13.1 Å². The Hall–Kier alpha value is -1.56. The molecule has 2 aliphatic heterocycles. The Morgan fingerprint density at radius 2 is 1.54 bits per heavy atom. The number of piperidine rings is 2. The Kier molecular flexibility index (Phi) is 8.13. The summed E-state index contributed by atoms with van der Waals surface area (Å²) in [6.07, 6.45) is 3.11. The Balaban J connectivity index is 0.000000258. The molecule has 0 saturated carbocycles. The largest absolute Gasteiger partial charge is 0.412 e. The van der Waals surface area contributed by atoms with Gasteiger partial charge in [-0.25, -0.2) is 0 Å². The van der Waals surface area contributed by atoms with Crippen molar-refractivity contribution < 1.29 is 15.1 Å². The van der Waals surface area contributed by atoms with E-state index in [1.165, 1.54) is 5.56 Å². The zero-order chi connectivity index (χ0) is 18.5. The number of Topliss-reactive ketones (excluding diaryl/α,β-unsaturated/α-hetero) is 2. The molecule has 0 amide bonds. The maximum Gasteiger partial charge on any atom is 0.146 e. The van der Waals surface area contributed by atoms with E-state index in [2.05, 4.69) is 50.0 Å². The minimum atomic E-state index is -0.0150. The van der Waals surface area contributed by atoms with E-state index in [0.717, 1.165) is 25.9 Å². The molecule has 0 unspecified atom stereocenters. The first-order valence-corrected chi connectivity index (χ1v) is 9.24. The van der Waals surface area contributed by atoms with Crippen molar-refractivity contribution in [1.29, 1.82) is 0 Å². The monoisotopic (exact) mass is 362 g/mol. The predicted molar refractivity (Wildman–Crippen MR) is 105 cm³/mol. The van der Waals surface area contributed by atoms with Crippen molar-refractivity contribution in [3.8, 4) is 0 Å². The SMILES string of the molecule is CC1(C)CC(=O)CC(C)(C)N1.O.O=C1CCCN(Cc2ccccc2)C1. The molecule has 0 spiro atoms. The molecule has 0 bridgehead atoms. The number of hydrogen-bond donors (Lipinski definition) is 1. The molecule has 2 aliphatic rings. The molecule has 26 heavy (non-hydrogen) atoms. The van der Waals surface area contributed by atoms with Crippen molar-refractivity contribution in [3.63, 3.8) is 0 Å². The number of rotatable bonds is 2. The zero-order valence-corrected chi connectivity index (χ0v) is 16.6. The quantitative estimate of drug-likeness (QED) is 0.876. The van der Waals surface area contributed by atoms with Crippen LogP contribution in [-0.4, -0.2) is 46.1 Å². The Morgan fingerprint density at radius 3 is 2.04 bits per heavy atom. The molecule has 0 atom stereocenters. The maximum absolute atomic E-state index is 11.3. The molecular weight excluding hydrogens is 328 g/mol. The van der Waals surface area contributed by atoms with Gasteiger partial charge in [-0.15, -0.1) is 0 Å². The van der Waals surface area contributed by atoms with Gasteiger partial charge in [0, 0.05) is 36.9 Å². The van der Waals surface area contributed by atoms with Gasteiger partial charge in [0.15, 0.2) is 0 Å². The van der Waals surface area contributed by atoms with Crippen molar-refractivity contribution in [1.82, 2.24) is 10.2 Å². The van der Waals surface area contributed by atoms with Gasteiger partial charge in [-0.05, 0) is 46.2 Å². The third-order valence-electron chi connectivity index (χ3n) is 4.53. The Labute approximate surface area is 157 Å². The van der Waals surface area contributed by atoms with Gasteiger partial charge in [0.2, 0.25) is 0 Å². The number of nitrogens with one attached hydrogen (secondary N) is 1. The average molecular weight is 363 g/mol. The third kappa shape index (κ3) is 7.77. The number of ketones is 2. The van der Waals surface area contributed by atoms with Crippen molar-refractivity contribution >= 4 is 11.6 Å². The van der Waals surface area contributed by atoms with Crippen molar-refractivity contribution in [2.45, 2.75) is 71.0 Å². The molecule has 0 aromatic heterocycles. The molecule has 3 N–H and O–H groups in total. The Bertz CT molecular complexity index is 579. The van der Waals surface area contributed by atoms with E-state index >= 15 is 0 Å². The lowest BCUT2D eigenvalue weighted by Gasteiger charge is -2.41. The second-order valence-electron chi connectivity index (χ2n) is 8.62. The number of carbonyl (C=O) groups is 2. The maximum atomic E-state index is 11.3. The van der Waals surface area contributed by atoms with E-state index in [4.69, 9.17) is 0 Å². The summed E-state index contributed by atoms with van der Waals surface area (Å²) in [6, 6.07) is 10.3. The van der Waals surface area contributed by atoms with Crippen LogP contribution in [0.5, 0.6) is 0 Å². The lowest BCUT2D eigenvalue weighted by atomic mass is 9.82. The lowest BCUT2D eigenvalue weighted by Crippen LogP contribution is -2.58. The molecule has 2 fully saturated rings. The molecule has 0 aliphatic carbocycles. The highest BCUT2D eigenvalue weighted by Crippen LogP contribution is 2.25. The molecule has 2 heterocycles. The van der Waals surface area contributed by atoms with Crippen LogP contribution < -0.4 is 5.32 Å². The summed E-state index contributed by atoms with van der Waals surface area (Å²) >= 11 is 0. The van der Waals surface area contributed by atoms with E-state index < -0.39 is 0 Å². The molecule has 5 nitrogen and oxygen atoms in total. The number of likely N-dealkylation sites (tertiary alicyclic amines) is 1. The highest BCUT2D eigenvalue weighted by Gasteiger charge is 2.36. The second-order valence-corrected chi connectivity index (χ2v) is 8.62. The van der Waals surface area contributed by atoms with Crippen molar-refractivity contribution in [2.24, 2.45) is 0 Å². The summed E-state index contributed by atoms with van der Waals surface area (Å²) in [4.78, 5) is 24.7. The topological polar surface area (TPSA) is 80.9 Å². The summed E-state index contributed by atoms with van der Waals surface area (Å²) < 4.78 is 0. The molecule has 3 rings (SSSR count). The number of carbonyl (C=O) groups excluding carboxylic acids is 2. The van der Waals surface area contributed by atoms with E-state index in [1.807, 2.05) is 18.2 Å². The highest BCUT2D eigenvalue weighted by atomic mass is 16.1. The summed E-state index contributed by atoms with van der Waals surface area (Å²) in [5.74, 6) is 0.755. The summed E-state index contributed by atoms with van der Waals surface area (Å²) in [6.45, 7) is 10.9. The first-order chi connectivity index (χ1) is 11.7. The van der Waals surface area contributed by atoms with Gasteiger partial charge in [0.1, 0.15) is 11.6 Å². The molecule has 0 radical (unpaired) electrons. The van der Waals surface area contributed by atoms with Crippen LogP contribution in [0, 0.1) is 0 Å². The first-order valence-electron chi connectivity index (χ1n) is 9.24. The van der Waals surface area contributed by atoms with E-state index in [9.17, 15) is 9.59 Å². The highest BCUT2D eigenvalue weighted by molar-refractivity contribution is 5.81. The van der Waals surface area contributed by atoms with Gasteiger partial charge in [-0.3, -0.25) is 14.5 Å². The van der Waals surface area contributed by atoms with Crippen LogP contribution >= 0.6 is 0 Å². The number of benzene rings is 1. The fourth-order valence-electron chi connectivity index (χ4n) is 3.94. The molecule has 2 saturated heterocycles. The van der Waals surface area contributed by atoms with Crippen LogP contribution in [0.4, 0.5) is 0 Å². The zero-order valence-electron chi connectivity index (χ0n) is 16.6. The minimum absolute atomic E-state index is 0. The van der Waals surface area contributed by atoms with Crippen LogP contribution in [0.3, 0.4) is 0 Å². The fourth-order valence-corrected chi connectivity index (χ4v) is 3.94. The summed E-state index contributed by atoms with van der Waals surface area (Å²) in [7, 11) is 0. The summed E-state index contributed by atoms with van der Waals surface area (Å²) in [5, 5.41) is 3.44. The molecule has 1 aromatic rings. The van der Waals surface area contributed by atoms with Gasteiger partial charge in [0.25, 0.3) is 0 Å². The fraction of sp³-hybridized carbons (Fsp3) is 0.619. The van der Waals surface area contributed by atoms with Crippen molar-refractivity contribution in [3.05, 3.63) is 35.9 Å². The number of nitrogens with zero attached hydrogens (tertiary/aromatic N) is 1. The van der Waals surface area contributed by atoms with E-state index in [-0.39, 0.29) is 16.6 Å². The van der Waals surface area contributed by atoms with Crippen LogP contribution in [0.25, 0.3) is 0 Å². The number of hydrogen-bond acceptors (Lipinski definition) is 4. The normalized spacial score (nSPS) is 22.0. The van der Waals surface area contributed by atoms with Crippen LogP contribution in [0.1, 0.15) is 58.9 Å². The van der Waals surface area contributed by atoms with Gasteiger partial charge in [0.05, 0.1) is 6.54 Å². The molecule has 146 valence electrons. The van der Waals surface area contributed by atoms with Crippen LogP contribution in [-0.2, 0) is 16.1 Å². The van der Waals surface area contributed by atoms with Crippen LogP contribution in [0.2, 0.25) is 0 Å². The van der Waals surface area contributed by atoms with Crippen LogP contribution in [0.15, 0.2) is 30.3 Å². The summed E-state index contributed by atoms with van der Waals surface area (Å²) in [5.41, 5.74) is 1.26. The van der Waals surface area contributed by atoms with Gasteiger partial charge in [-0.1, -0.05) is 30.3 Å². The standard InChI is InChI=1S/C12H15NO.C9H17NO.H2O/c14-12-7-4-8-13(10-12)9-11-5-2-1-3-6-11;1-8(2)5-7(11)6-9(3,4)10-8;/h1-3,5-6H,4,7-10H2;10H,5-6H2,1-4H3;1H2. The lowest BCUT2D eigenvalue weighted by molar-refractivity contribution is -0.124. The smallest absolute Gasteiger partial charge is 0.146 e. The van der Waals surface area contributed by atoms with E-state index in [0.29, 0.717) is 31.0 Å². The van der Waals surface area contributed by atoms with E-state index in [1.54, 1.807) is 0 Å². The Morgan fingerprint density at radius 1 is 0.962 bits per heavy atom. The minimum Gasteiger partial charge on any atom is -0.412 e. The molecule has 1 aromatic carbocycles. The second kappa shape index (κ2) is 9.40. The average Bonchev–Trinajstić information content (AvgIpc) is 2.45. The van der Waals surface area contributed by atoms with Gasteiger partial charge < -0.3 is 10.8 Å². The predicted octanol–water partition coefficient (Wildman–Crippen LogP) is 2.52. The third-order valence-corrected chi connectivity index (χ3v) is 4.53. The molecule has 5 heteroatoms. The first kappa shape index (κ1) is 22.5. The van der Waals surface area contributed by atoms with Gasteiger partial charge >= 0.3 is 0 Å². The van der Waals surface area contributed by atoms with Gasteiger partial charge in [-0.2, -0.15) is 0 Å².